The van der Waals surface area contributed by atoms with E-state index >= 15 is 0 Å². The van der Waals surface area contributed by atoms with Crippen molar-refractivity contribution < 1.29 is 9.72 Å². The minimum Gasteiger partial charge on any atom is -0.360 e. The second kappa shape index (κ2) is 7.24. The monoisotopic (exact) mass is 440 g/mol. The lowest BCUT2D eigenvalue weighted by atomic mass is 10.1. The van der Waals surface area contributed by atoms with Crippen LogP contribution in [-0.2, 0) is 6.54 Å². The normalized spacial score (nSPS) is 10.9. The Morgan fingerprint density at radius 2 is 2.04 bits per heavy atom. The van der Waals surface area contributed by atoms with Crippen molar-refractivity contribution in [2.24, 2.45) is 0 Å². The van der Waals surface area contributed by atoms with Gasteiger partial charge in [0.2, 0.25) is 5.95 Å². The van der Waals surface area contributed by atoms with Gasteiger partial charge in [-0.05, 0) is 23.8 Å². The van der Waals surface area contributed by atoms with Gasteiger partial charge in [0.15, 0.2) is 0 Å². The first-order chi connectivity index (χ1) is 13.5. The number of benzene rings is 2. The van der Waals surface area contributed by atoms with Crippen molar-refractivity contribution in [1.29, 1.82) is 0 Å². The maximum atomic E-state index is 12.6. The molecule has 4 aromatic rings. The van der Waals surface area contributed by atoms with Gasteiger partial charge in [0.25, 0.3) is 11.6 Å². The summed E-state index contributed by atoms with van der Waals surface area (Å²) in [6.45, 7) is 0.509. The van der Waals surface area contributed by atoms with Crippen molar-refractivity contribution in [3.8, 4) is 0 Å². The summed E-state index contributed by atoms with van der Waals surface area (Å²) in [5.41, 5.74) is 1.86. The smallest absolute Gasteiger partial charge is 0.270 e. The van der Waals surface area contributed by atoms with Crippen LogP contribution < -0.4 is 5.32 Å². The minimum absolute atomic E-state index is 0.0851. The largest absolute Gasteiger partial charge is 0.360 e. The second-order valence-corrected chi connectivity index (χ2v) is 6.95. The zero-order valence-electron chi connectivity index (χ0n) is 14.3. The fraction of sp³-hybridized carbons (Fsp3) is 0.0556. The van der Waals surface area contributed by atoms with Gasteiger partial charge in [-0.1, -0.05) is 28.1 Å². The van der Waals surface area contributed by atoms with Crippen LogP contribution in [0.1, 0.15) is 15.9 Å². The zero-order valence-corrected chi connectivity index (χ0v) is 15.9. The summed E-state index contributed by atoms with van der Waals surface area (Å²) in [6, 6.07) is 12.1. The summed E-state index contributed by atoms with van der Waals surface area (Å²) in [4.78, 5) is 30.1. The van der Waals surface area contributed by atoms with Crippen molar-refractivity contribution in [1.82, 2.24) is 19.7 Å². The van der Waals surface area contributed by atoms with E-state index in [1.165, 1.54) is 24.7 Å². The van der Waals surface area contributed by atoms with Crippen molar-refractivity contribution >= 4 is 44.4 Å². The number of nitrogens with one attached hydrogen (secondary N) is 2. The highest BCUT2D eigenvalue weighted by Crippen LogP contribution is 2.24. The third-order valence-electron chi connectivity index (χ3n) is 4.14. The maximum Gasteiger partial charge on any atom is 0.270 e. The number of carbonyl (C=O) groups excluding carboxylic acids is 1. The van der Waals surface area contributed by atoms with E-state index in [1.54, 1.807) is 10.7 Å². The second-order valence-electron chi connectivity index (χ2n) is 6.04. The van der Waals surface area contributed by atoms with E-state index in [9.17, 15) is 14.9 Å². The number of nitro groups is 1. The zero-order chi connectivity index (χ0) is 19.7. The molecule has 0 bridgehead atoms. The number of rotatable bonds is 5. The highest BCUT2D eigenvalue weighted by atomic mass is 79.9. The summed E-state index contributed by atoms with van der Waals surface area (Å²) in [7, 11) is 0. The first-order valence-corrected chi connectivity index (χ1v) is 9.00. The van der Waals surface area contributed by atoms with Crippen molar-refractivity contribution in [2.75, 3.05) is 5.32 Å². The van der Waals surface area contributed by atoms with Crippen LogP contribution >= 0.6 is 15.9 Å². The van der Waals surface area contributed by atoms with Crippen LogP contribution in [0, 0.1) is 10.1 Å². The van der Waals surface area contributed by atoms with E-state index in [1.807, 2.05) is 24.3 Å². The molecule has 28 heavy (non-hydrogen) atoms. The Morgan fingerprint density at radius 3 is 2.79 bits per heavy atom. The van der Waals surface area contributed by atoms with Crippen LogP contribution in [0.2, 0.25) is 0 Å². The number of aromatic nitrogens is 4. The Morgan fingerprint density at radius 1 is 1.25 bits per heavy atom. The summed E-state index contributed by atoms with van der Waals surface area (Å²) < 4.78 is 2.60. The molecule has 0 fully saturated rings. The molecular weight excluding hydrogens is 428 g/mol. The lowest BCUT2D eigenvalue weighted by Crippen LogP contribution is -2.13. The predicted molar refractivity (Wildman–Crippen MR) is 106 cm³/mol. The number of amides is 1. The average Bonchev–Trinajstić information content (AvgIpc) is 3.29. The first-order valence-electron chi connectivity index (χ1n) is 8.20. The number of hydrogen-bond donors (Lipinski definition) is 2. The van der Waals surface area contributed by atoms with Crippen LogP contribution in [0.5, 0.6) is 0 Å². The van der Waals surface area contributed by atoms with Gasteiger partial charge < -0.3 is 4.98 Å². The van der Waals surface area contributed by atoms with Gasteiger partial charge in [-0.2, -0.15) is 0 Å². The molecule has 0 unspecified atom stereocenters. The van der Waals surface area contributed by atoms with E-state index in [2.05, 4.69) is 36.3 Å². The topological polar surface area (TPSA) is 119 Å². The summed E-state index contributed by atoms with van der Waals surface area (Å²) in [6.07, 6.45) is 3.03. The van der Waals surface area contributed by atoms with E-state index in [-0.39, 0.29) is 17.2 Å². The van der Waals surface area contributed by atoms with E-state index in [0.717, 1.165) is 10.0 Å². The molecule has 10 heteroatoms. The highest BCUT2D eigenvalue weighted by Gasteiger charge is 2.17. The number of non-ortho nitro benzene ring substituents is 1. The number of aromatic amines is 1. The van der Waals surface area contributed by atoms with Crippen LogP contribution in [-0.4, -0.2) is 30.6 Å². The van der Waals surface area contributed by atoms with Gasteiger partial charge in [-0.3, -0.25) is 20.2 Å². The van der Waals surface area contributed by atoms with Crippen molar-refractivity contribution in [2.45, 2.75) is 6.54 Å². The van der Waals surface area contributed by atoms with E-state index < -0.39 is 10.8 Å². The SMILES string of the molecule is O=C(Nc1ncn(Cc2ccc(Br)cc2)n1)c1c[nH]c2ccc([N+](=O)[O-])cc12. The van der Waals surface area contributed by atoms with Crippen LogP contribution in [0.4, 0.5) is 11.6 Å². The Kier molecular flexibility index (Phi) is 4.62. The third kappa shape index (κ3) is 3.62. The molecule has 0 saturated carbocycles. The molecule has 4 rings (SSSR count). The number of hydrogen-bond acceptors (Lipinski definition) is 5. The Bertz CT molecular complexity index is 1180. The van der Waals surface area contributed by atoms with E-state index in [4.69, 9.17) is 0 Å². The summed E-state index contributed by atoms with van der Waals surface area (Å²) >= 11 is 3.39. The van der Waals surface area contributed by atoms with Crippen LogP contribution in [0.15, 0.2) is 59.5 Å². The Hall–Kier alpha value is -3.53. The third-order valence-corrected chi connectivity index (χ3v) is 4.67. The van der Waals surface area contributed by atoms with Crippen molar-refractivity contribution in [3.05, 3.63) is 80.7 Å². The standard InChI is InChI=1S/C18H13BrN6O3/c19-12-3-1-11(2-4-12)9-24-10-21-18(23-24)22-17(26)15-8-20-16-6-5-13(25(27)28)7-14(15)16/h1-8,10,20H,9H2,(H,22,23,26). The number of nitrogens with zero attached hydrogens (tertiary/aromatic N) is 4. The van der Waals surface area contributed by atoms with Gasteiger partial charge >= 0.3 is 0 Å². The molecule has 2 heterocycles. The number of nitro benzene ring substituents is 1. The number of fused-ring (bicyclic) bond motifs is 1. The molecule has 0 aliphatic rings. The lowest BCUT2D eigenvalue weighted by Gasteiger charge is -2.02. The molecule has 0 radical (unpaired) electrons. The number of halogens is 1. The lowest BCUT2D eigenvalue weighted by molar-refractivity contribution is -0.384. The van der Waals surface area contributed by atoms with Gasteiger partial charge in [0.05, 0.1) is 17.0 Å². The number of carbonyl (C=O) groups is 1. The van der Waals surface area contributed by atoms with Gasteiger partial charge in [0, 0.05) is 33.7 Å². The molecule has 140 valence electrons. The van der Waals surface area contributed by atoms with Gasteiger partial charge in [0.1, 0.15) is 6.33 Å². The van der Waals surface area contributed by atoms with Crippen LogP contribution in [0.25, 0.3) is 10.9 Å². The Labute approximate surface area is 166 Å². The molecule has 0 aliphatic carbocycles. The van der Waals surface area contributed by atoms with Crippen molar-refractivity contribution in [3.63, 3.8) is 0 Å². The molecule has 9 nitrogen and oxygen atoms in total. The van der Waals surface area contributed by atoms with E-state index in [0.29, 0.717) is 17.4 Å². The molecular formula is C18H13BrN6O3. The molecule has 0 saturated heterocycles. The predicted octanol–water partition coefficient (Wildman–Crippen LogP) is 3.73. The minimum atomic E-state index is -0.501. The molecule has 0 atom stereocenters. The summed E-state index contributed by atoms with van der Waals surface area (Å²) in [5, 5.41) is 18.3. The fourth-order valence-electron chi connectivity index (χ4n) is 2.78. The van der Waals surface area contributed by atoms with Gasteiger partial charge in [-0.15, -0.1) is 5.10 Å². The number of H-pyrrole nitrogens is 1. The molecule has 1 amide bonds. The van der Waals surface area contributed by atoms with Crippen LogP contribution in [0.3, 0.4) is 0 Å². The van der Waals surface area contributed by atoms with Gasteiger partial charge in [-0.25, -0.2) is 9.67 Å². The first kappa shape index (κ1) is 17.9. The average molecular weight is 441 g/mol. The molecule has 0 spiro atoms. The highest BCUT2D eigenvalue weighted by molar-refractivity contribution is 9.10. The summed E-state index contributed by atoms with van der Waals surface area (Å²) in [5.74, 6) is -0.296. The molecule has 2 aromatic carbocycles. The molecule has 2 aromatic heterocycles. The quantitative estimate of drug-likeness (QED) is 0.361. The molecule has 2 N–H and O–H groups in total. The maximum absolute atomic E-state index is 12.6. The molecule has 0 aliphatic heterocycles. The Balaban J connectivity index is 1.52. The number of anilines is 1. The fourth-order valence-corrected chi connectivity index (χ4v) is 3.05.